The van der Waals surface area contributed by atoms with Gasteiger partial charge in [-0.2, -0.15) is 0 Å². The Morgan fingerprint density at radius 1 is 1.48 bits per heavy atom. The van der Waals surface area contributed by atoms with E-state index in [4.69, 9.17) is 14.9 Å². The molecule has 0 aliphatic carbocycles. The lowest BCUT2D eigenvalue weighted by molar-refractivity contribution is -0.146. The molecule has 0 spiro atoms. The van der Waals surface area contributed by atoms with Crippen LogP contribution < -0.4 is 15.4 Å². The lowest BCUT2D eigenvalue weighted by atomic mass is 10.3. The van der Waals surface area contributed by atoms with Crippen LogP contribution in [0.15, 0.2) is 18.2 Å². The zero-order valence-corrected chi connectivity index (χ0v) is 11.8. The maximum atomic E-state index is 11.6. The van der Waals surface area contributed by atoms with Crippen LogP contribution in [-0.4, -0.2) is 47.0 Å². The van der Waals surface area contributed by atoms with Gasteiger partial charge in [-0.05, 0) is 18.2 Å². The number of aliphatic hydroxyl groups is 1. The fourth-order valence-electron chi connectivity index (χ4n) is 1.50. The molecule has 0 aliphatic heterocycles. The van der Waals surface area contributed by atoms with Gasteiger partial charge in [-0.15, -0.1) is 0 Å². The average Bonchev–Trinajstić information content (AvgIpc) is 2.85. The molecular weight excluding hydrogens is 298 g/mol. The molecule has 8 nitrogen and oxygen atoms in total. The summed E-state index contributed by atoms with van der Waals surface area (Å²) >= 11 is 1.25. The van der Waals surface area contributed by atoms with Gasteiger partial charge in [0.05, 0.1) is 23.9 Å². The Labute approximate surface area is 123 Å². The normalized spacial score (nSPS) is 11.9. The predicted molar refractivity (Wildman–Crippen MR) is 76.8 cm³/mol. The first-order valence-corrected chi connectivity index (χ1v) is 6.71. The Morgan fingerprint density at radius 3 is 2.90 bits per heavy atom. The third-order valence-corrected chi connectivity index (χ3v) is 3.49. The van der Waals surface area contributed by atoms with Crippen molar-refractivity contribution in [3.05, 3.63) is 18.2 Å². The van der Waals surface area contributed by atoms with Crippen LogP contribution >= 0.6 is 11.3 Å². The summed E-state index contributed by atoms with van der Waals surface area (Å²) in [5.41, 5.74) is 0.710. The molecule has 0 saturated carbocycles. The lowest BCUT2D eigenvalue weighted by Gasteiger charge is -2.07. The molecule has 1 atom stereocenters. The molecule has 2 aromatic rings. The zero-order chi connectivity index (χ0) is 15.4. The molecule has 0 fully saturated rings. The number of nitrogens with one attached hydrogen (secondary N) is 2. The third kappa shape index (κ3) is 3.80. The largest absolute Gasteiger partial charge is 0.497 e. The monoisotopic (exact) mass is 311 g/mol. The van der Waals surface area contributed by atoms with Crippen molar-refractivity contribution in [2.75, 3.05) is 19.0 Å². The number of amides is 2. The number of fused-ring (bicyclic) bond motifs is 1. The standard InChI is InChI=1S/C12H13N3O5S/c1-20-6-2-3-7-9(4-6)21-12(14-7)15-11(19)13-5-8(16)10(17)18/h2-4,8,16H,5H2,1H3,(H,17,18)(H2,13,14,15,19)/t8-/m0/s1. The molecule has 0 bridgehead atoms. The second-order valence-corrected chi connectivity index (χ2v) is 5.07. The summed E-state index contributed by atoms with van der Waals surface area (Å²) in [6, 6.07) is 4.68. The quantitative estimate of drug-likeness (QED) is 0.650. The van der Waals surface area contributed by atoms with E-state index >= 15 is 0 Å². The number of aliphatic carboxylic acids is 1. The number of thiazole rings is 1. The van der Waals surface area contributed by atoms with Crippen LogP contribution in [0, 0.1) is 0 Å². The molecule has 2 rings (SSSR count). The molecule has 21 heavy (non-hydrogen) atoms. The molecular formula is C12H13N3O5S. The second-order valence-electron chi connectivity index (χ2n) is 4.04. The first-order valence-electron chi connectivity index (χ1n) is 5.90. The molecule has 9 heteroatoms. The fourth-order valence-corrected chi connectivity index (χ4v) is 2.39. The number of carboxylic acid groups (broad SMARTS) is 1. The number of aromatic nitrogens is 1. The Morgan fingerprint density at radius 2 is 2.24 bits per heavy atom. The highest BCUT2D eigenvalue weighted by atomic mass is 32.1. The van der Waals surface area contributed by atoms with Crippen molar-refractivity contribution in [3.8, 4) is 5.75 Å². The number of carboxylic acids is 1. The number of urea groups is 1. The van der Waals surface area contributed by atoms with Gasteiger partial charge in [-0.3, -0.25) is 5.32 Å². The summed E-state index contributed by atoms with van der Waals surface area (Å²) < 4.78 is 5.94. The van der Waals surface area contributed by atoms with E-state index < -0.39 is 18.1 Å². The first kappa shape index (κ1) is 15.0. The van der Waals surface area contributed by atoms with E-state index in [1.165, 1.54) is 11.3 Å². The van der Waals surface area contributed by atoms with Gasteiger partial charge < -0.3 is 20.3 Å². The molecule has 1 heterocycles. The van der Waals surface area contributed by atoms with Crippen LogP contribution in [-0.2, 0) is 4.79 Å². The van der Waals surface area contributed by atoms with Gasteiger partial charge in [-0.25, -0.2) is 14.6 Å². The highest BCUT2D eigenvalue weighted by Gasteiger charge is 2.15. The number of hydrogen-bond donors (Lipinski definition) is 4. The summed E-state index contributed by atoms with van der Waals surface area (Å²) in [7, 11) is 1.56. The minimum atomic E-state index is -1.64. The minimum Gasteiger partial charge on any atom is -0.497 e. The smallest absolute Gasteiger partial charge is 0.334 e. The van der Waals surface area contributed by atoms with Gasteiger partial charge in [0.2, 0.25) is 0 Å². The molecule has 112 valence electrons. The van der Waals surface area contributed by atoms with E-state index in [0.29, 0.717) is 16.4 Å². The number of anilines is 1. The van der Waals surface area contributed by atoms with Crippen molar-refractivity contribution in [2.24, 2.45) is 0 Å². The average molecular weight is 311 g/mol. The number of aliphatic hydroxyl groups excluding tert-OH is 1. The summed E-state index contributed by atoms with van der Waals surface area (Å²) in [6.07, 6.45) is -1.64. The summed E-state index contributed by atoms with van der Waals surface area (Å²) in [5, 5.41) is 22.6. The van der Waals surface area contributed by atoms with Crippen molar-refractivity contribution in [2.45, 2.75) is 6.10 Å². The van der Waals surface area contributed by atoms with E-state index in [-0.39, 0.29) is 6.54 Å². The van der Waals surface area contributed by atoms with Gasteiger partial charge >= 0.3 is 12.0 Å². The van der Waals surface area contributed by atoms with Gasteiger partial charge in [0, 0.05) is 0 Å². The SMILES string of the molecule is COc1ccc2nc(NC(=O)NC[C@H](O)C(=O)O)sc2c1. The Hall–Kier alpha value is -2.39. The molecule has 1 aromatic carbocycles. The summed E-state index contributed by atoms with van der Waals surface area (Å²) in [5.74, 6) is -0.714. The minimum absolute atomic E-state index is 0.362. The van der Waals surface area contributed by atoms with Crippen LogP contribution in [0.4, 0.5) is 9.93 Å². The Bertz CT molecular complexity index is 672. The van der Waals surface area contributed by atoms with Crippen LogP contribution in [0.25, 0.3) is 10.2 Å². The molecule has 1 aromatic heterocycles. The first-order chi connectivity index (χ1) is 9.99. The topological polar surface area (TPSA) is 121 Å². The van der Waals surface area contributed by atoms with E-state index in [1.54, 1.807) is 25.3 Å². The fraction of sp³-hybridized carbons (Fsp3) is 0.250. The van der Waals surface area contributed by atoms with Crippen molar-refractivity contribution >= 4 is 38.7 Å². The molecule has 0 saturated heterocycles. The number of benzene rings is 1. The number of ether oxygens (including phenoxy) is 1. The van der Waals surface area contributed by atoms with Crippen LogP contribution in [0.2, 0.25) is 0 Å². The van der Waals surface area contributed by atoms with Gasteiger partial charge in [0.1, 0.15) is 5.75 Å². The maximum Gasteiger partial charge on any atom is 0.334 e. The molecule has 2 amide bonds. The van der Waals surface area contributed by atoms with E-state index in [0.717, 1.165) is 4.70 Å². The molecule has 0 radical (unpaired) electrons. The Kier molecular flexibility index (Phi) is 4.55. The van der Waals surface area contributed by atoms with Crippen molar-refractivity contribution in [3.63, 3.8) is 0 Å². The summed E-state index contributed by atoms with van der Waals surface area (Å²) in [6.45, 7) is -0.389. The number of carbonyl (C=O) groups excluding carboxylic acids is 1. The second kappa shape index (κ2) is 6.37. The highest BCUT2D eigenvalue weighted by molar-refractivity contribution is 7.22. The number of hydrogen-bond acceptors (Lipinski definition) is 6. The van der Waals surface area contributed by atoms with E-state index in [2.05, 4.69) is 15.6 Å². The van der Waals surface area contributed by atoms with Crippen LogP contribution in [0.3, 0.4) is 0 Å². The zero-order valence-electron chi connectivity index (χ0n) is 11.0. The van der Waals surface area contributed by atoms with Crippen molar-refractivity contribution < 1.29 is 24.5 Å². The van der Waals surface area contributed by atoms with Crippen LogP contribution in [0.5, 0.6) is 5.75 Å². The van der Waals surface area contributed by atoms with Crippen LogP contribution in [0.1, 0.15) is 0 Å². The summed E-state index contributed by atoms with van der Waals surface area (Å²) in [4.78, 5) is 26.2. The van der Waals surface area contributed by atoms with Gasteiger partial charge in [-0.1, -0.05) is 11.3 Å². The van der Waals surface area contributed by atoms with Gasteiger partial charge in [0.15, 0.2) is 11.2 Å². The van der Waals surface area contributed by atoms with E-state index in [9.17, 15) is 9.59 Å². The lowest BCUT2D eigenvalue weighted by Crippen LogP contribution is -2.38. The molecule has 4 N–H and O–H groups in total. The number of methoxy groups -OCH3 is 1. The third-order valence-electron chi connectivity index (χ3n) is 2.56. The molecule has 0 aliphatic rings. The number of rotatable bonds is 5. The highest BCUT2D eigenvalue weighted by Crippen LogP contribution is 2.28. The predicted octanol–water partition coefficient (Wildman–Crippen LogP) is 0.872. The Balaban J connectivity index is 1.99. The number of nitrogens with zero attached hydrogens (tertiary/aromatic N) is 1. The van der Waals surface area contributed by atoms with Crippen molar-refractivity contribution in [1.82, 2.24) is 10.3 Å². The van der Waals surface area contributed by atoms with E-state index in [1.807, 2.05) is 0 Å². The van der Waals surface area contributed by atoms with Gasteiger partial charge in [0.25, 0.3) is 0 Å². The molecule has 0 unspecified atom stereocenters. The number of carbonyl (C=O) groups is 2. The van der Waals surface area contributed by atoms with Crippen molar-refractivity contribution in [1.29, 1.82) is 0 Å². The maximum absolute atomic E-state index is 11.6.